The lowest BCUT2D eigenvalue weighted by atomic mass is 10.1. The molecular formula is C5H8BNO2S. The van der Waals surface area contributed by atoms with E-state index in [4.69, 9.17) is 0 Å². The lowest BCUT2D eigenvalue weighted by Gasteiger charge is -2.06. The Hall–Kier alpha value is -0.445. The molecule has 0 radical (unpaired) electrons. The van der Waals surface area contributed by atoms with Gasteiger partial charge in [0, 0.05) is 5.75 Å². The van der Waals surface area contributed by atoms with Crippen molar-refractivity contribution in [2.45, 2.75) is 12.5 Å². The van der Waals surface area contributed by atoms with Crippen LogP contribution in [0.25, 0.3) is 0 Å². The van der Waals surface area contributed by atoms with Gasteiger partial charge in [-0.15, -0.1) is 0 Å². The quantitative estimate of drug-likeness (QED) is 0.515. The second-order valence-electron chi connectivity index (χ2n) is 2.21. The van der Waals surface area contributed by atoms with E-state index in [1.54, 1.807) is 0 Å². The third kappa shape index (κ3) is 1.77. The van der Waals surface area contributed by atoms with Crippen LogP contribution in [0.15, 0.2) is 0 Å². The van der Waals surface area contributed by atoms with Gasteiger partial charge in [0.1, 0.15) is 0 Å². The topological polar surface area (TPSA) is 46.2 Å². The van der Waals surface area contributed by atoms with Gasteiger partial charge in [-0.05, 0) is 6.42 Å². The van der Waals surface area contributed by atoms with Crippen molar-refractivity contribution in [1.29, 1.82) is 0 Å². The zero-order valence-corrected chi connectivity index (χ0v) is 6.53. The van der Waals surface area contributed by atoms with Gasteiger partial charge < -0.3 is 5.32 Å². The van der Waals surface area contributed by atoms with Gasteiger partial charge in [-0.2, -0.15) is 0 Å². The monoisotopic (exact) mass is 157 g/mol. The molecule has 0 aromatic carbocycles. The zero-order valence-electron chi connectivity index (χ0n) is 5.72. The van der Waals surface area contributed by atoms with Crippen molar-refractivity contribution in [1.82, 2.24) is 5.32 Å². The van der Waals surface area contributed by atoms with E-state index in [0.717, 1.165) is 12.2 Å². The van der Waals surface area contributed by atoms with Crippen molar-refractivity contribution in [2.24, 2.45) is 0 Å². The normalized spacial score (nSPS) is 24.8. The molecule has 0 aliphatic carbocycles. The predicted molar refractivity (Wildman–Crippen MR) is 42.9 cm³/mol. The molecule has 0 spiro atoms. The van der Waals surface area contributed by atoms with E-state index in [9.17, 15) is 9.59 Å². The summed E-state index contributed by atoms with van der Waals surface area (Å²) in [4.78, 5) is 21.3. The fourth-order valence-electron chi connectivity index (χ4n) is 0.872. The van der Waals surface area contributed by atoms with Gasteiger partial charge in [0.25, 0.3) is 0 Å². The van der Waals surface area contributed by atoms with Crippen molar-refractivity contribution < 1.29 is 9.59 Å². The molecule has 3 nitrogen and oxygen atoms in total. The molecule has 10 heavy (non-hydrogen) atoms. The molecule has 1 saturated heterocycles. The Labute approximate surface area is 64.3 Å². The lowest BCUT2D eigenvalue weighted by Crippen LogP contribution is -2.36. The van der Waals surface area contributed by atoms with Crippen LogP contribution in [0.1, 0.15) is 6.42 Å². The SMILES string of the molecule is BC(=O)N[C@H]1CCSC1=O. The molecule has 5 heteroatoms. The Kier molecular flexibility index (Phi) is 2.37. The van der Waals surface area contributed by atoms with Crippen LogP contribution >= 0.6 is 11.8 Å². The first kappa shape index (κ1) is 7.66. The van der Waals surface area contributed by atoms with Gasteiger partial charge in [0.15, 0.2) is 5.81 Å². The zero-order chi connectivity index (χ0) is 7.56. The van der Waals surface area contributed by atoms with Gasteiger partial charge in [-0.25, -0.2) is 0 Å². The van der Waals surface area contributed by atoms with Crippen LogP contribution in [0.5, 0.6) is 0 Å². The molecule has 0 bridgehead atoms. The number of carbonyl (C=O) groups is 2. The van der Waals surface area contributed by atoms with E-state index in [1.807, 2.05) is 0 Å². The molecule has 1 N–H and O–H groups in total. The van der Waals surface area contributed by atoms with E-state index in [1.165, 1.54) is 19.6 Å². The summed E-state index contributed by atoms with van der Waals surface area (Å²) in [6.45, 7) is 0. The van der Waals surface area contributed by atoms with Gasteiger partial charge in [0.05, 0.1) is 6.04 Å². The summed E-state index contributed by atoms with van der Waals surface area (Å²) in [5.41, 5.74) is 0. The summed E-state index contributed by atoms with van der Waals surface area (Å²) in [5.74, 6) is 0.713. The van der Waals surface area contributed by atoms with Crippen LogP contribution in [0.4, 0.5) is 4.79 Å². The maximum Gasteiger partial charge on any atom is 0.215 e. The second kappa shape index (κ2) is 3.10. The molecule has 54 valence electrons. The molecule has 1 atom stereocenters. The van der Waals surface area contributed by atoms with Crippen LogP contribution in [-0.2, 0) is 4.79 Å². The molecular weight excluding hydrogens is 149 g/mol. The molecule has 0 aromatic heterocycles. The molecule has 0 unspecified atom stereocenters. The number of thioether (sulfide) groups is 1. The van der Waals surface area contributed by atoms with E-state index < -0.39 is 0 Å². The number of hydrogen-bond donors (Lipinski definition) is 1. The Balaban J connectivity index is 2.40. The molecule has 1 aliphatic rings. The maximum absolute atomic E-state index is 10.9. The van der Waals surface area contributed by atoms with Crippen LogP contribution in [0.3, 0.4) is 0 Å². The Bertz CT molecular complexity index is 173. The fraction of sp³-hybridized carbons (Fsp3) is 0.600. The maximum atomic E-state index is 10.9. The minimum atomic E-state index is -0.220. The third-order valence-corrected chi connectivity index (χ3v) is 2.32. The third-order valence-electron chi connectivity index (χ3n) is 1.31. The first-order chi connectivity index (χ1) is 4.70. The first-order valence-corrected chi connectivity index (χ1v) is 4.12. The molecule has 1 fully saturated rings. The van der Waals surface area contributed by atoms with Crippen LogP contribution in [-0.4, -0.2) is 30.6 Å². The number of hydrogen-bond acceptors (Lipinski definition) is 3. The highest BCUT2D eigenvalue weighted by Crippen LogP contribution is 2.18. The summed E-state index contributed by atoms with van der Waals surface area (Å²) in [7, 11) is 1.43. The number of amides is 1. The van der Waals surface area contributed by atoms with Gasteiger partial charge in [0.2, 0.25) is 13.0 Å². The average Bonchev–Trinajstić information content (AvgIpc) is 2.15. The number of nitrogens with one attached hydrogen (secondary N) is 1. The smallest absolute Gasteiger partial charge is 0.215 e. The summed E-state index contributed by atoms with van der Waals surface area (Å²) >= 11 is 1.29. The minimum Gasteiger partial charge on any atom is -0.355 e. The Morgan fingerprint density at radius 3 is 2.90 bits per heavy atom. The summed E-state index contributed by atoms with van der Waals surface area (Å²) in [5, 5.41) is 2.67. The fourth-order valence-corrected chi connectivity index (χ4v) is 1.80. The Morgan fingerprint density at radius 2 is 2.50 bits per heavy atom. The molecule has 1 rings (SSSR count). The van der Waals surface area contributed by atoms with E-state index >= 15 is 0 Å². The highest BCUT2D eigenvalue weighted by molar-refractivity contribution is 8.14. The first-order valence-electron chi connectivity index (χ1n) is 3.14. The molecule has 0 aromatic rings. The lowest BCUT2D eigenvalue weighted by molar-refractivity contribution is -0.112. The van der Waals surface area contributed by atoms with Crippen molar-refractivity contribution in [3.63, 3.8) is 0 Å². The standard InChI is InChI=1S/C5H8BNO2S/c6-5(9)7-3-1-2-10-4(3)8/h3H,1-2,6H2,(H,7,9)/t3-/m0/s1. The van der Waals surface area contributed by atoms with Gasteiger partial charge in [-0.1, -0.05) is 11.8 Å². The highest BCUT2D eigenvalue weighted by atomic mass is 32.2. The molecule has 1 amide bonds. The highest BCUT2D eigenvalue weighted by Gasteiger charge is 2.25. The predicted octanol–water partition coefficient (Wildman–Crippen LogP) is -0.639. The number of rotatable bonds is 1. The summed E-state index contributed by atoms with van der Waals surface area (Å²) in [6, 6.07) is -0.220. The number of carbonyl (C=O) groups excluding carboxylic acids is 2. The minimum absolute atomic E-state index is 0.0928. The van der Waals surface area contributed by atoms with E-state index in [-0.39, 0.29) is 17.0 Å². The van der Waals surface area contributed by atoms with Gasteiger partial charge >= 0.3 is 0 Å². The molecule has 1 heterocycles. The van der Waals surface area contributed by atoms with Crippen molar-refractivity contribution in [2.75, 3.05) is 5.75 Å². The summed E-state index contributed by atoms with van der Waals surface area (Å²) in [6.07, 6.45) is 0.781. The summed E-state index contributed by atoms with van der Waals surface area (Å²) < 4.78 is 0. The van der Waals surface area contributed by atoms with Crippen molar-refractivity contribution in [3.05, 3.63) is 0 Å². The molecule has 0 saturated carbocycles. The van der Waals surface area contributed by atoms with Crippen LogP contribution < -0.4 is 5.32 Å². The Morgan fingerprint density at radius 1 is 1.80 bits per heavy atom. The van der Waals surface area contributed by atoms with E-state index in [2.05, 4.69) is 5.32 Å². The van der Waals surface area contributed by atoms with Gasteiger partial charge in [-0.3, -0.25) is 9.59 Å². The van der Waals surface area contributed by atoms with Crippen LogP contribution in [0, 0.1) is 0 Å². The van der Waals surface area contributed by atoms with Crippen molar-refractivity contribution in [3.8, 4) is 0 Å². The van der Waals surface area contributed by atoms with Crippen molar-refractivity contribution >= 4 is 30.5 Å². The molecule has 1 aliphatic heterocycles. The second-order valence-corrected chi connectivity index (χ2v) is 3.31. The largest absolute Gasteiger partial charge is 0.355 e. The van der Waals surface area contributed by atoms with Crippen LogP contribution in [0.2, 0.25) is 0 Å². The average molecular weight is 157 g/mol. The van der Waals surface area contributed by atoms with E-state index in [0.29, 0.717) is 0 Å².